The van der Waals surface area contributed by atoms with E-state index < -0.39 is 5.97 Å². The quantitative estimate of drug-likeness (QED) is 0.338. The minimum atomic E-state index is -0.956. The summed E-state index contributed by atoms with van der Waals surface area (Å²) in [5.41, 5.74) is 6.67. The SMILES string of the molecule is O=C(O)c1ccc2c(c1)CCCC(c1cc(Cl)ccc1F)=C2c1ccc(CC2CN(CCCF)C2)cc1. The average Bonchev–Trinajstić information content (AvgIpc) is 3.06. The fourth-order valence-electron chi connectivity index (χ4n) is 5.66. The number of aryl methyl sites for hydroxylation is 1. The van der Waals surface area contributed by atoms with Gasteiger partial charge in [-0.1, -0.05) is 41.9 Å². The number of benzene rings is 3. The van der Waals surface area contributed by atoms with Crippen molar-refractivity contribution in [2.75, 3.05) is 26.3 Å². The lowest BCUT2D eigenvalue weighted by Gasteiger charge is -2.39. The number of allylic oxidation sites excluding steroid dienone is 1. The van der Waals surface area contributed by atoms with E-state index in [0.29, 0.717) is 35.8 Å². The Hall–Kier alpha value is -3.02. The molecular weight excluding hydrogens is 492 g/mol. The second-order valence-corrected chi connectivity index (χ2v) is 10.5. The molecule has 1 saturated heterocycles. The van der Waals surface area contributed by atoms with Gasteiger partial charge >= 0.3 is 5.97 Å². The first kappa shape index (κ1) is 25.6. The van der Waals surface area contributed by atoms with E-state index >= 15 is 4.39 Å². The van der Waals surface area contributed by atoms with Gasteiger partial charge in [0.1, 0.15) is 5.82 Å². The van der Waals surface area contributed by atoms with E-state index in [1.54, 1.807) is 24.3 Å². The minimum absolute atomic E-state index is 0.256. The van der Waals surface area contributed by atoms with Crippen molar-refractivity contribution in [2.45, 2.75) is 32.1 Å². The molecule has 0 spiro atoms. The van der Waals surface area contributed by atoms with E-state index in [-0.39, 0.29) is 18.1 Å². The minimum Gasteiger partial charge on any atom is -0.478 e. The van der Waals surface area contributed by atoms with Gasteiger partial charge < -0.3 is 10.0 Å². The van der Waals surface area contributed by atoms with Crippen molar-refractivity contribution >= 4 is 28.7 Å². The Morgan fingerprint density at radius 2 is 1.78 bits per heavy atom. The summed E-state index contributed by atoms with van der Waals surface area (Å²) in [6, 6.07) is 18.3. The Labute approximate surface area is 221 Å². The van der Waals surface area contributed by atoms with Gasteiger partial charge in [0.25, 0.3) is 0 Å². The van der Waals surface area contributed by atoms with Crippen molar-refractivity contribution in [3.63, 3.8) is 0 Å². The predicted molar refractivity (Wildman–Crippen MR) is 144 cm³/mol. The molecule has 0 aromatic heterocycles. The number of carboxylic acid groups (broad SMARTS) is 1. The highest BCUT2D eigenvalue weighted by molar-refractivity contribution is 6.30. The summed E-state index contributed by atoms with van der Waals surface area (Å²) < 4.78 is 27.5. The molecule has 0 radical (unpaired) electrons. The number of hydrogen-bond acceptors (Lipinski definition) is 2. The lowest BCUT2D eigenvalue weighted by atomic mass is 9.86. The van der Waals surface area contributed by atoms with Crippen LogP contribution in [0.25, 0.3) is 11.1 Å². The van der Waals surface area contributed by atoms with Crippen molar-refractivity contribution in [3.05, 3.63) is 105 Å². The largest absolute Gasteiger partial charge is 0.478 e. The van der Waals surface area contributed by atoms with E-state index in [0.717, 1.165) is 60.3 Å². The van der Waals surface area contributed by atoms with Crippen molar-refractivity contribution in [2.24, 2.45) is 5.92 Å². The van der Waals surface area contributed by atoms with Crippen LogP contribution < -0.4 is 0 Å². The standard InChI is InChI=1S/C31H30ClF2NO2/c32-25-10-12-29(34)28(17-25)27-4-1-3-23-16-24(31(36)37)9-11-26(23)30(27)22-7-5-20(6-8-22)15-21-18-35(19-21)14-2-13-33/h5-12,16-17,21H,1-4,13-15,18-19H2,(H,36,37). The topological polar surface area (TPSA) is 40.5 Å². The molecule has 6 heteroatoms. The number of likely N-dealkylation sites (tertiary alicyclic amines) is 1. The van der Waals surface area contributed by atoms with Crippen molar-refractivity contribution in [3.8, 4) is 0 Å². The number of nitrogens with zero attached hydrogens (tertiary/aromatic N) is 1. The second-order valence-electron chi connectivity index (χ2n) is 10.1. The molecule has 37 heavy (non-hydrogen) atoms. The van der Waals surface area contributed by atoms with Crippen LogP contribution in [0.1, 0.15) is 57.4 Å². The van der Waals surface area contributed by atoms with E-state index in [1.165, 1.54) is 11.6 Å². The van der Waals surface area contributed by atoms with Crippen LogP contribution in [-0.2, 0) is 12.8 Å². The number of halogens is 3. The maximum absolute atomic E-state index is 15.1. The zero-order valence-corrected chi connectivity index (χ0v) is 21.4. The molecule has 1 N–H and O–H groups in total. The molecule has 2 aliphatic rings. The van der Waals surface area contributed by atoms with Gasteiger partial charge in [0, 0.05) is 30.2 Å². The van der Waals surface area contributed by atoms with Crippen LogP contribution >= 0.6 is 11.6 Å². The molecule has 3 aromatic carbocycles. The molecule has 0 atom stereocenters. The third kappa shape index (κ3) is 5.63. The number of carbonyl (C=O) groups is 1. The highest BCUT2D eigenvalue weighted by Gasteiger charge is 2.27. The van der Waals surface area contributed by atoms with Crippen LogP contribution in [0.2, 0.25) is 5.02 Å². The molecule has 0 saturated carbocycles. The smallest absolute Gasteiger partial charge is 0.335 e. The predicted octanol–water partition coefficient (Wildman–Crippen LogP) is 7.31. The molecule has 5 rings (SSSR count). The molecule has 0 unspecified atom stereocenters. The van der Waals surface area contributed by atoms with Crippen molar-refractivity contribution in [1.82, 2.24) is 4.90 Å². The first-order valence-electron chi connectivity index (χ1n) is 12.9. The Morgan fingerprint density at radius 3 is 2.51 bits per heavy atom. The van der Waals surface area contributed by atoms with Crippen LogP contribution in [0.5, 0.6) is 0 Å². The molecule has 1 fully saturated rings. The van der Waals surface area contributed by atoms with Gasteiger partial charge in [0.15, 0.2) is 0 Å². The lowest BCUT2D eigenvalue weighted by molar-refractivity contribution is 0.0696. The zero-order chi connectivity index (χ0) is 25.9. The van der Waals surface area contributed by atoms with Crippen molar-refractivity contribution < 1.29 is 18.7 Å². The van der Waals surface area contributed by atoms with Crippen LogP contribution in [0.3, 0.4) is 0 Å². The highest BCUT2D eigenvalue weighted by Crippen LogP contribution is 2.41. The first-order valence-corrected chi connectivity index (χ1v) is 13.2. The highest BCUT2D eigenvalue weighted by atomic mass is 35.5. The van der Waals surface area contributed by atoms with Crippen LogP contribution in [0.4, 0.5) is 8.78 Å². The monoisotopic (exact) mass is 521 g/mol. The Morgan fingerprint density at radius 1 is 1.00 bits per heavy atom. The van der Waals surface area contributed by atoms with Crippen LogP contribution in [0, 0.1) is 11.7 Å². The molecule has 1 aliphatic heterocycles. The third-order valence-electron chi connectivity index (χ3n) is 7.46. The maximum Gasteiger partial charge on any atom is 0.335 e. The van der Waals surface area contributed by atoms with Gasteiger partial charge in [-0.2, -0.15) is 0 Å². The molecular formula is C31H30ClF2NO2. The van der Waals surface area contributed by atoms with E-state index in [9.17, 15) is 14.3 Å². The number of fused-ring (bicyclic) bond motifs is 1. The van der Waals surface area contributed by atoms with Gasteiger partial charge in [-0.15, -0.1) is 0 Å². The Kier molecular flexibility index (Phi) is 7.73. The molecule has 192 valence electrons. The van der Waals surface area contributed by atoms with Gasteiger partial charge in [0.2, 0.25) is 0 Å². The van der Waals surface area contributed by atoms with Crippen LogP contribution in [-0.4, -0.2) is 42.3 Å². The average molecular weight is 522 g/mol. The summed E-state index contributed by atoms with van der Waals surface area (Å²) in [5, 5.41) is 10.0. The summed E-state index contributed by atoms with van der Waals surface area (Å²) in [6.07, 6.45) is 3.72. The molecule has 0 bridgehead atoms. The number of alkyl halides is 1. The summed E-state index contributed by atoms with van der Waals surface area (Å²) in [4.78, 5) is 13.9. The van der Waals surface area contributed by atoms with Gasteiger partial charge in [0.05, 0.1) is 12.2 Å². The number of aromatic carboxylic acids is 1. The number of rotatable bonds is 8. The van der Waals surface area contributed by atoms with E-state index in [4.69, 9.17) is 11.6 Å². The fourth-order valence-corrected chi connectivity index (χ4v) is 5.83. The third-order valence-corrected chi connectivity index (χ3v) is 7.69. The first-order chi connectivity index (χ1) is 17.9. The molecule has 1 heterocycles. The fraction of sp³-hybridized carbons (Fsp3) is 0.323. The molecule has 3 aromatic rings. The van der Waals surface area contributed by atoms with Crippen molar-refractivity contribution in [1.29, 1.82) is 0 Å². The Bertz CT molecular complexity index is 1330. The number of hydrogen-bond donors (Lipinski definition) is 1. The van der Waals surface area contributed by atoms with Gasteiger partial charge in [-0.05, 0) is 102 Å². The molecule has 1 aliphatic carbocycles. The van der Waals surface area contributed by atoms with E-state index in [1.807, 2.05) is 6.07 Å². The maximum atomic E-state index is 15.1. The summed E-state index contributed by atoms with van der Waals surface area (Å²) in [5.74, 6) is -0.697. The summed E-state index contributed by atoms with van der Waals surface area (Å²) >= 11 is 6.28. The molecule has 0 amide bonds. The zero-order valence-electron chi connectivity index (χ0n) is 20.7. The van der Waals surface area contributed by atoms with Gasteiger partial charge in [-0.3, -0.25) is 4.39 Å². The van der Waals surface area contributed by atoms with Gasteiger partial charge in [-0.25, -0.2) is 9.18 Å². The summed E-state index contributed by atoms with van der Waals surface area (Å²) in [6.45, 7) is 2.57. The summed E-state index contributed by atoms with van der Waals surface area (Å²) in [7, 11) is 0. The lowest BCUT2D eigenvalue weighted by Crippen LogP contribution is -2.47. The number of carboxylic acids is 1. The normalized spacial score (nSPS) is 16.3. The van der Waals surface area contributed by atoms with Crippen LogP contribution in [0.15, 0.2) is 60.7 Å². The Balaban J connectivity index is 1.51. The van der Waals surface area contributed by atoms with E-state index in [2.05, 4.69) is 29.2 Å². The molecule has 3 nitrogen and oxygen atoms in total. The second kappa shape index (κ2) is 11.2.